The van der Waals surface area contributed by atoms with Gasteiger partial charge in [0.15, 0.2) is 0 Å². The SMILES string of the molecule is CN1CCCC1=Nc1ccccc1N1CCOCC1. The first-order valence-corrected chi connectivity index (χ1v) is 7.05. The van der Waals surface area contributed by atoms with Crippen LogP contribution in [0.25, 0.3) is 0 Å². The topological polar surface area (TPSA) is 28.1 Å². The summed E-state index contributed by atoms with van der Waals surface area (Å²) in [7, 11) is 2.13. The van der Waals surface area contributed by atoms with Crippen molar-refractivity contribution in [2.75, 3.05) is 44.8 Å². The molecule has 4 nitrogen and oxygen atoms in total. The van der Waals surface area contributed by atoms with E-state index in [0.717, 1.165) is 45.0 Å². The number of anilines is 1. The van der Waals surface area contributed by atoms with Gasteiger partial charge in [0.05, 0.1) is 24.6 Å². The minimum atomic E-state index is 0.810. The maximum Gasteiger partial charge on any atom is 0.105 e. The van der Waals surface area contributed by atoms with Gasteiger partial charge in [-0.2, -0.15) is 0 Å². The normalized spacial score (nSPS) is 22.3. The Balaban J connectivity index is 1.88. The van der Waals surface area contributed by atoms with Gasteiger partial charge in [0.2, 0.25) is 0 Å². The highest BCUT2D eigenvalue weighted by Crippen LogP contribution is 2.30. The summed E-state index contributed by atoms with van der Waals surface area (Å²) in [5.41, 5.74) is 2.33. The Morgan fingerprint density at radius 1 is 1.11 bits per heavy atom. The van der Waals surface area contributed by atoms with Crippen molar-refractivity contribution >= 4 is 17.2 Å². The lowest BCUT2D eigenvalue weighted by molar-refractivity contribution is 0.123. The number of hydrogen-bond acceptors (Lipinski definition) is 3. The Morgan fingerprint density at radius 2 is 1.89 bits per heavy atom. The van der Waals surface area contributed by atoms with E-state index in [1.54, 1.807) is 0 Å². The zero-order valence-corrected chi connectivity index (χ0v) is 11.5. The lowest BCUT2D eigenvalue weighted by Gasteiger charge is -2.29. The molecule has 0 atom stereocenters. The molecule has 0 saturated carbocycles. The van der Waals surface area contributed by atoms with Gasteiger partial charge < -0.3 is 14.5 Å². The molecule has 2 aliphatic rings. The molecule has 0 N–H and O–H groups in total. The molecule has 0 amide bonds. The predicted octanol–water partition coefficient (Wildman–Crippen LogP) is 2.28. The van der Waals surface area contributed by atoms with Crippen molar-refractivity contribution in [3.63, 3.8) is 0 Å². The molecular formula is C15H21N3O. The van der Waals surface area contributed by atoms with Crippen LogP contribution in [0.2, 0.25) is 0 Å². The Hall–Kier alpha value is -1.55. The van der Waals surface area contributed by atoms with Gasteiger partial charge in [0.25, 0.3) is 0 Å². The number of likely N-dealkylation sites (tertiary alicyclic amines) is 1. The van der Waals surface area contributed by atoms with Crippen LogP contribution in [-0.2, 0) is 4.74 Å². The predicted molar refractivity (Wildman–Crippen MR) is 78.4 cm³/mol. The molecule has 0 spiro atoms. The Morgan fingerprint density at radius 3 is 2.63 bits per heavy atom. The van der Waals surface area contributed by atoms with Crippen molar-refractivity contribution in [3.05, 3.63) is 24.3 Å². The molecule has 1 aromatic rings. The third-order valence-electron chi connectivity index (χ3n) is 3.82. The van der Waals surface area contributed by atoms with Crippen LogP contribution in [0.4, 0.5) is 11.4 Å². The summed E-state index contributed by atoms with van der Waals surface area (Å²) in [5, 5.41) is 0. The van der Waals surface area contributed by atoms with Crippen molar-refractivity contribution in [1.29, 1.82) is 0 Å². The van der Waals surface area contributed by atoms with Crippen molar-refractivity contribution in [2.45, 2.75) is 12.8 Å². The largest absolute Gasteiger partial charge is 0.378 e. The summed E-state index contributed by atoms with van der Waals surface area (Å²) in [6, 6.07) is 8.44. The molecule has 0 radical (unpaired) electrons. The summed E-state index contributed by atoms with van der Waals surface area (Å²) in [6.07, 6.45) is 2.31. The first kappa shape index (κ1) is 12.5. The fourth-order valence-electron chi connectivity index (χ4n) is 2.70. The molecule has 2 aliphatic heterocycles. The minimum Gasteiger partial charge on any atom is -0.378 e. The van der Waals surface area contributed by atoms with Gasteiger partial charge in [0.1, 0.15) is 5.84 Å². The summed E-state index contributed by atoms with van der Waals surface area (Å²) in [6.45, 7) is 4.66. The molecule has 19 heavy (non-hydrogen) atoms. The highest BCUT2D eigenvalue weighted by atomic mass is 16.5. The van der Waals surface area contributed by atoms with Crippen LogP contribution in [0.1, 0.15) is 12.8 Å². The summed E-state index contributed by atoms with van der Waals surface area (Å²) >= 11 is 0. The second-order valence-electron chi connectivity index (χ2n) is 5.14. The zero-order chi connectivity index (χ0) is 13.1. The molecule has 1 aromatic carbocycles. The fourth-order valence-corrected chi connectivity index (χ4v) is 2.70. The van der Waals surface area contributed by atoms with Gasteiger partial charge >= 0.3 is 0 Å². The van der Waals surface area contributed by atoms with Crippen LogP contribution in [-0.4, -0.2) is 50.6 Å². The van der Waals surface area contributed by atoms with Crippen LogP contribution in [0, 0.1) is 0 Å². The van der Waals surface area contributed by atoms with E-state index < -0.39 is 0 Å². The van der Waals surface area contributed by atoms with Gasteiger partial charge in [-0.1, -0.05) is 12.1 Å². The van der Waals surface area contributed by atoms with E-state index in [1.807, 2.05) is 0 Å². The zero-order valence-electron chi connectivity index (χ0n) is 11.5. The molecule has 3 rings (SSSR count). The number of rotatable bonds is 2. The maximum absolute atomic E-state index is 5.43. The van der Waals surface area contributed by atoms with Crippen LogP contribution in [0.15, 0.2) is 29.3 Å². The smallest absolute Gasteiger partial charge is 0.105 e. The van der Waals surface area contributed by atoms with E-state index in [2.05, 4.69) is 41.1 Å². The van der Waals surface area contributed by atoms with E-state index in [4.69, 9.17) is 9.73 Å². The molecule has 102 valence electrons. The van der Waals surface area contributed by atoms with Gasteiger partial charge in [-0.05, 0) is 18.6 Å². The molecule has 0 unspecified atom stereocenters. The fraction of sp³-hybridized carbons (Fsp3) is 0.533. The average molecular weight is 259 g/mol. The van der Waals surface area contributed by atoms with Crippen molar-refractivity contribution < 1.29 is 4.74 Å². The molecule has 2 fully saturated rings. The van der Waals surface area contributed by atoms with E-state index in [1.165, 1.54) is 17.9 Å². The minimum absolute atomic E-state index is 0.810. The van der Waals surface area contributed by atoms with Crippen LogP contribution in [0.3, 0.4) is 0 Å². The Kier molecular flexibility index (Phi) is 3.69. The maximum atomic E-state index is 5.43. The molecule has 4 heteroatoms. The van der Waals surface area contributed by atoms with Crippen LogP contribution >= 0.6 is 0 Å². The number of hydrogen-bond donors (Lipinski definition) is 0. The summed E-state index contributed by atoms with van der Waals surface area (Å²) < 4.78 is 5.43. The second kappa shape index (κ2) is 5.61. The molecule has 2 heterocycles. The Bertz CT molecular complexity index is 466. The highest BCUT2D eigenvalue weighted by molar-refractivity contribution is 5.88. The number of aliphatic imine (C=N–C) groups is 1. The number of para-hydroxylation sites is 2. The van der Waals surface area contributed by atoms with Crippen molar-refractivity contribution in [1.82, 2.24) is 4.90 Å². The molecule has 2 saturated heterocycles. The average Bonchev–Trinajstić information content (AvgIpc) is 2.86. The molecule has 0 aromatic heterocycles. The first-order chi connectivity index (χ1) is 9.34. The summed E-state index contributed by atoms with van der Waals surface area (Å²) in [4.78, 5) is 9.51. The van der Waals surface area contributed by atoms with Gasteiger partial charge in [0, 0.05) is 33.1 Å². The number of ether oxygens (including phenoxy) is 1. The van der Waals surface area contributed by atoms with Crippen LogP contribution in [0.5, 0.6) is 0 Å². The third-order valence-corrected chi connectivity index (χ3v) is 3.82. The lowest BCUT2D eigenvalue weighted by atomic mass is 10.2. The number of amidine groups is 1. The van der Waals surface area contributed by atoms with E-state index in [0.29, 0.717) is 0 Å². The Labute approximate surface area is 114 Å². The van der Waals surface area contributed by atoms with Crippen molar-refractivity contribution in [2.24, 2.45) is 4.99 Å². The van der Waals surface area contributed by atoms with Gasteiger partial charge in [-0.3, -0.25) is 0 Å². The summed E-state index contributed by atoms with van der Waals surface area (Å²) in [5.74, 6) is 1.21. The molecule has 0 aliphatic carbocycles. The standard InChI is InChI=1S/C15H21N3O/c1-17-8-4-7-15(17)16-13-5-2-3-6-14(13)18-9-11-19-12-10-18/h2-3,5-6H,4,7-12H2,1H3. The molecular weight excluding hydrogens is 238 g/mol. The highest BCUT2D eigenvalue weighted by Gasteiger charge is 2.17. The number of nitrogens with zero attached hydrogens (tertiary/aromatic N) is 3. The van der Waals surface area contributed by atoms with Crippen LogP contribution < -0.4 is 4.90 Å². The van der Waals surface area contributed by atoms with Gasteiger partial charge in [-0.25, -0.2) is 4.99 Å². The van der Waals surface area contributed by atoms with E-state index >= 15 is 0 Å². The number of morpholine rings is 1. The second-order valence-corrected chi connectivity index (χ2v) is 5.14. The number of benzene rings is 1. The van der Waals surface area contributed by atoms with Crippen molar-refractivity contribution in [3.8, 4) is 0 Å². The van der Waals surface area contributed by atoms with E-state index in [-0.39, 0.29) is 0 Å². The van der Waals surface area contributed by atoms with Gasteiger partial charge in [-0.15, -0.1) is 0 Å². The third kappa shape index (κ3) is 2.73. The lowest BCUT2D eigenvalue weighted by Crippen LogP contribution is -2.36. The first-order valence-electron chi connectivity index (χ1n) is 7.05. The monoisotopic (exact) mass is 259 g/mol. The quantitative estimate of drug-likeness (QED) is 0.815. The molecule has 0 bridgehead atoms. The van der Waals surface area contributed by atoms with E-state index in [9.17, 15) is 0 Å².